The van der Waals surface area contributed by atoms with Crippen LogP contribution in [0.5, 0.6) is 5.75 Å². The molecule has 4 rings (SSSR count). The first kappa shape index (κ1) is 23.7. The number of aliphatic hydroxyl groups excluding tert-OH is 1. The van der Waals surface area contributed by atoms with Crippen molar-refractivity contribution in [3.8, 4) is 17.1 Å². The molecule has 3 N–H and O–H groups in total. The number of aliphatic hydroxyl groups is 1. The first-order valence-electron chi connectivity index (χ1n) is 12.1. The van der Waals surface area contributed by atoms with Crippen LogP contribution in [0.4, 0.5) is 11.6 Å². The van der Waals surface area contributed by atoms with E-state index < -0.39 is 6.10 Å². The van der Waals surface area contributed by atoms with Gasteiger partial charge < -0.3 is 30.1 Å². The van der Waals surface area contributed by atoms with E-state index >= 15 is 0 Å². The third-order valence-electron chi connectivity index (χ3n) is 6.39. The number of nitrogens with one attached hydrogen (secondary N) is 2. The van der Waals surface area contributed by atoms with E-state index in [4.69, 9.17) is 19.4 Å². The molecule has 180 valence electrons. The zero-order valence-corrected chi connectivity index (χ0v) is 19.8. The Morgan fingerprint density at radius 1 is 1.15 bits per heavy atom. The van der Waals surface area contributed by atoms with Crippen molar-refractivity contribution < 1.29 is 14.6 Å². The summed E-state index contributed by atoms with van der Waals surface area (Å²) in [7, 11) is 1.81. The molecule has 2 saturated heterocycles. The van der Waals surface area contributed by atoms with Crippen molar-refractivity contribution in [1.82, 2.24) is 15.3 Å². The Morgan fingerprint density at radius 2 is 1.94 bits per heavy atom. The van der Waals surface area contributed by atoms with Gasteiger partial charge in [-0.15, -0.1) is 0 Å². The molecule has 1 atom stereocenters. The molecule has 2 fully saturated rings. The number of rotatable bonds is 9. The number of aromatic nitrogens is 2. The SMILES string of the molecule is CNCC(O)COc1cccc(-c2nc(NC3(C)CCOCC3)cc(N3CCCCC3)n2)c1. The second-order valence-corrected chi connectivity index (χ2v) is 9.33. The van der Waals surface area contributed by atoms with Crippen molar-refractivity contribution in [2.45, 2.75) is 50.7 Å². The van der Waals surface area contributed by atoms with Crippen LogP contribution in [0.1, 0.15) is 39.0 Å². The molecule has 1 aromatic carbocycles. The Balaban J connectivity index is 1.60. The average Bonchev–Trinajstić information content (AvgIpc) is 2.84. The van der Waals surface area contributed by atoms with E-state index in [1.54, 1.807) is 0 Å². The predicted molar refractivity (Wildman–Crippen MR) is 131 cm³/mol. The monoisotopic (exact) mass is 455 g/mol. The van der Waals surface area contributed by atoms with Gasteiger partial charge in [-0.3, -0.25) is 0 Å². The molecular formula is C25H37N5O3. The fraction of sp³-hybridized carbons (Fsp3) is 0.600. The standard InChI is InChI=1S/C25H37N5O3/c1-25(9-13-32-14-10-25)29-22-16-23(30-11-4-3-5-12-30)28-24(27-22)19-7-6-8-21(15-19)33-18-20(31)17-26-2/h6-8,15-16,20,26,31H,3-5,9-14,17-18H2,1-2H3,(H,27,28,29). The molecule has 33 heavy (non-hydrogen) atoms. The maximum absolute atomic E-state index is 9.96. The molecule has 3 heterocycles. The van der Waals surface area contributed by atoms with Gasteiger partial charge in [0.25, 0.3) is 0 Å². The van der Waals surface area contributed by atoms with Gasteiger partial charge in [-0.05, 0) is 58.2 Å². The molecule has 8 nitrogen and oxygen atoms in total. The summed E-state index contributed by atoms with van der Waals surface area (Å²) in [6.45, 7) is 6.52. The molecular weight excluding hydrogens is 418 g/mol. The number of ether oxygens (including phenoxy) is 2. The number of anilines is 2. The Bertz CT molecular complexity index is 897. The quantitative estimate of drug-likeness (QED) is 0.531. The molecule has 2 aliphatic heterocycles. The van der Waals surface area contributed by atoms with Gasteiger partial charge in [0.2, 0.25) is 0 Å². The van der Waals surface area contributed by atoms with E-state index in [0.717, 1.165) is 56.3 Å². The van der Waals surface area contributed by atoms with Gasteiger partial charge in [-0.2, -0.15) is 0 Å². The number of benzene rings is 1. The topological polar surface area (TPSA) is 91.8 Å². The summed E-state index contributed by atoms with van der Waals surface area (Å²) < 4.78 is 11.4. The van der Waals surface area contributed by atoms with Crippen molar-refractivity contribution in [2.24, 2.45) is 0 Å². The molecule has 2 aliphatic rings. The first-order valence-corrected chi connectivity index (χ1v) is 12.1. The smallest absolute Gasteiger partial charge is 0.163 e. The molecule has 0 bridgehead atoms. The predicted octanol–water partition coefficient (Wildman–Crippen LogP) is 3.07. The van der Waals surface area contributed by atoms with Gasteiger partial charge in [0.05, 0.1) is 0 Å². The van der Waals surface area contributed by atoms with Crippen LogP contribution < -0.4 is 20.3 Å². The molecule has 0 amide bonds. The van der Waals surface area contributed by atoms with Crippen LogP contribution in [0, 0.1) is 0 Å². The zero-order valence-electron chi connectivity index (χ0n) is 19.8. The number of hydrogen-bond donors (Lipinski definition) is 3. The Hall–Kier alpha value is -2.42. The van der Waals surface area contributed by atoms with Crippen LogP contribution >= 0.6 is 0 Å². The zero-order chi connectivity index (χ0) is 23.1. The Labute approximate surface area is 196 Å². The summed E-state index contributed by atoms with van der Waals surface area (Å²) in [6.07, 6.45) is 4.99. The van der Waals surface area contributed by atoms with E-state index in [0.29, 0.717) is 18.1 Å². The number of piperidine rings is 1. The van der Waals surface area contributed by atoms with Gasteiger partial charge in [-0.25, -0.2) is 9.97 Å². The van der Waals surface area contributed by atoms with Crippen molar-refractivity contribution in [2.75, 3.05) is 56.7 Å². The fourth-order valence-electron chi connectivity index (χ4n) is 4.38. The lowest BCUT2D eigenvalue weighted by atomic mass is 9.92. The van der Waals surface area contributed by atoms with Crippen LogP contribution in [0.15, 0.2) is 30.3 Å². The molecule has 0 radical (unpaired) electrons. The van der Waals surface area contributed by atoms with Crippen LogP contribution in [0.3, 0.4) is 0 Å². The van der Waals surface area contributed by atoms with Crippen LogP contribution in [0.25, 0.3) is 11.4 Å². The Kier molecular flexibility index (Phi) is 8.01. The highest BCUT2D eigenvalue weighted by molar-refractivity contribution is 5.63. The first-order chi connectivity index (χ1) is 16.0. The molecule has 2 aromatic rings. The molecule has 1 aromatic heterocycles. The number of nitrogens with zero attached hydrogens (tertiary/aromatic N) is 3. The fourth-order valence-corrected chi connectivity index (χ4v) is 4.38. The lowest BCUT2D eigenvalue weighted by Gasteiger charge is -2.35. The molecule has 0 aliphatic carbocycles. The second kappa shape index (κ2) is 11.1. The highest BCUT2D eigenvalue weighted by Crippen LogP contribution is 2.30. The van der Waals surface area contributed by atoms with Crippen LogP contribution in [-0.2, 0) is 4.74 Å². The van der Waals surface area contributed by atoms with Crippen LogP contribution in [-0.4, -0.2) is 73.2 Å². The Morgan fingerprint density at radius 3 is 2.70 bits per heavy atom. The van der Waals surface area contributed by atoms with Crippen molar-refractivity contribution in [3.05, 3.63) is 30.3 Å². The maximum Gasteiger partial charge on any atom is 0.163 e. The maximum atomic E-state index is 9.96. The molecule has 1 unspecified atom stereocenters. The summed E-state index contributed by atoms with van der Waals surface area (Å²) in [5.74, 6) is 3.19. The third kappa shape index (κ3) is 6.56. The van der Waals surface area contributed by atoms with E-state index in [9.17, 15) is 5.11 Å². The minimum absolute atomic E-state index is 0.0442. The largest absolute Gasteiger partial charge is 0.491 e. The van der Waals surface area contributed by atoms with Gasteiger partial charge in [-0.1, -0.05) is 12.1 Å². The van der Waals surface area contributed by atoms with Crippen molar-refractivity contribution in [3.63, 3.8) is 0 Å². The lowest BCUT2D eigenvalue weighted by Crippen LogP contribution is -2.41. The molecule has 0 saturated carbocycles. The molecule has 8 heteroatoms. The van der Waals surface area contributed by atoms with Gasteiger partial charge >= 0.3 is 0 Å². The third-order valence-corrected chi connectivity index (χ3v) is 6.39. The summed E-state index contributed by atoms with van der Waals surface area (Å²) in [4.78, 5) is 12.2. The number of hydrogen-bond acceptors (Lipinski definition) is 8. The van der Waals surface area contributed by atoms with Crippen molar-refractivity contribution >= 4 is 11.6 Å². The summed E-state index contributed by atoms with van der Waals surface area (Å²) in [5, 5.41) is 16.6. The summed E-state index contributed by atoms with van der Waals surface area (Å²) in [5.41, 5.74) is 0.854. The highest BCUT2D eigenvalue weighted by Gasteiger charge is 2.28. The molecule has 0 spiro atoms. The minimum Gasteiger partial charge on any atom is -0.491 e. The summed E-state index contributed by atoms with van der Waals surface area (Å²) >= 11 is 0. The highest BCUT2D eigenvalue weighted by atomic mass is 16.5. The van der Waals surface area contributed by atoms with E-state index in [2.05, 4.69) is 28.5 Å². The summed E-state index contributed by atoms with van der Waals surface area (Å²) in [6, 6.07) is 9.88. The van der Waals surface area contributed by atoms with Gasteiger partial charge in [0.1, 0.15) is 30.1 Å². The van der Waals surface area contributed by atoms with E-state index in [1.807, 2.05) is 31.3 Å². The van der Waals surface area contributed by atoms with Crippen molar-refractivity contribution in [1.29, 1.82) is 0 Å². The second-order valence-electron chi connectivity index (χ2n) is 9.33. The lowest BCUT2D eigenvalue weighted by molar-refractivity contribution is 0.0657. The van der Waals surface area contributed by atoms with Gasteiger partial charge in [0.15, 0.2) is 5.82 Å². The number of likely N-dealkylation sites (N-methyl/N-ethyl adjacent to an activating group) is 1. The average molecular weight is 456 g/mol. The normalized spacial score (nSPS) is 19.2. The van der Waals surface area contributed by atoms with Crippen LogP contribution in [0.2, 0.25) is 0 Å². The van der Waals surface area contributed by atoms with E-state index in [-0.39, 0.29) is 12.1 Å². The minimum atomic E-state index is -0.562. The van der Waals surface area contributed by atoms with Gasteiger partial charge in [0, 0.05) is 50.0 Å². The van der Waals surface area contributed by atoms with E-state index in [1.165, 1.54) is 19.3 Å².